The fraction of sp³-hybridized carbons (Fsp3) is 0.714. The maximum atomic E-state index is 11.6. The molecule has 0 spiro atoms. The molecule has 0 aliphatic heterocycles. The minimum atomic E-state index is -1.08. The van der Waals surface area contributed by atoms with Crippen LogP contribution in [0.4, 0.5) is 0 Å². The van der Waals surface area contributed by atoms with Crippen molar-refractivity contribution < 1.29 is 14.7 Å². The van der Waals surface area contributed by atoms with Crippen molar-refractivity contribution in [2.45, 2.75) is 51.5 Å². The van der Waals surface area contributed by atoms with Gasteiger partial charge in [0.05, 0.1) is 6.54 Å². The number of amides is 1. The first kappa shape index (κ1) is 15.7. The van der Waals surface area contributed by atoms with Gasteiger partial charge in [0.25, 0.3) is 0 Å². The van der Waals surface area contributed by atoms with E-state index in [4.69, 9.17) is 5.11 Å². The van der Waals surface area contributed by atoms with Crippen LogP contribution in [0.1, 0.15) is 46.0 Å². The predicted molar refractivity (Wildman–Crippen MR) is 73.9 cm³/mol. The zero-order valence-electron chi connectivity index (χ0n) is 11.8. The number of hydrogen-bond acceptors (Lipinski definition) is 3. The van der Waals surface area contributed by atoms with Gasteiger partial charge in [0, 0.05) is 6.54 Å². The van der Waals surface area contributed by atoms with E-state index in [-0.39, 0.29) is 12.5 Å². The summed E-state index contributed by atoms with van der Waals surface area (Å²) in [5.41, 5.74) is 0.342. The highest BCUT2D eigenvalue weighted by Crippen LogP contribution is 2.19. The maximum Gasteiger partial charge on any atom is 0.323 e. The Balaban J connectivity index is 2.18. The van der Waals surface area contributed by atoms with E-state index in [9.17, 15) is 9.59 Å². The molecule has 0 unspecified atom stereocenters. The molecule has 1 rings (SSSR count). The molecule has 0 heterocycles. The van der Waals surface area contributed by atoms with Gasteiger partial charge in [-0.3, -0.25) is 14.9 Å². The van der Waals surface area contributed by atoms with Crippen LogP contribution in [0, 0.1) is 0 Å². The third-order valence-corrected chi connectivity index (χ3v) is 3.38. The number of carboxylic acid groups (broad SMARTS) is 1. The molecule has 3 N–H and O–H groups in total. The van der Waals surface area contributed by atoms with Crippen LogP contribution >= 0.6 is 0 Å². The molecule has 1 aliphatic carbocycles. The lowest BCUT2D eigenvalue weighted by molar-refractivity contribution is -0.143. The van der Waals surface area contributed by atoms with Crippen molar-refractivity contribution in [2.75, 3.05) is 13.1 Å². The van der Waals surface area contributed by atoms with E-state index in [1.807, 2.05) is 0 Å². The van der Waals surface area contributed by atoms with E-state index < -0.39 is 11.5 Å². The van der Waals surface area contributed by atoms with Gasteiger partial charge >= 0.3 is 5.97 Å². The van der Waals surface area contributed by atoms with E-state index in [0.29, 0.717) is 6.54 Å². The zero-order chi connectivity index (χ0) is 14.3. The predicted octanol–water partition coefficient (Wildman–Crippen LogP) is 1.45. The lowest BCUT2D eigenvalue weighted by Gasteiger charge is -2.20. The third-order valence-electron chi connectivity index (χ3n) is 3.38. The van der Waals surface area contributed by atoms with Crippen LogP contribution < -0.4 is 10.6 Å². The fourth-order valence-electron chi connectivity index (χ4n) is 1.93. The van der Waals surface area contributed by atoms with Gasteiger partial charge in [-0.15, -0.1) is 0 Å². The molecule has 0 atom stereocenters. The first-order valence-corrected chi connectivity index (χ1v) is 6.85. The maximum absolute atomic E-state index is 11.6. The number of carbonyl (C=O) groups is 2. The van der Waals surface area contributed by atoms with E-state index in [1.165, 1.54) is 32.3 Å². The Labute approximate surface area is 114 Å². The van der Waals surface area contributed by atoms with Crippen LogP contribution in [-0.4, -0.2) is 35.6 Å². The van der Waals surface area contributed by atoms with E-state index in [0.717, 1.165) is 19.3 Å². The molecule has 1 amide bonds. The first-order valence-electron chi connectivity index (χ1n) is 6.85. The topological polar surface area (TPSA) is 78.4 Å². The molecule has 108 valence electrons. The number of allylic oxidation sites excluding steroid dienone is 1. The van der Waals surface area contributed by atoms with Crippen molar-refractivity contribution in [3.05, 3.63) is 11.6 Å². The molecule has 0 radical (unpaired) electrons. The van der Waals surface area contributed by atoms with Gasteiger partial charge in [-0.1, -0.05) is 11.6 Å². The minimum Gasteiger partial charge on any atom is -0.480 e. The van der Waals surface area contributed by atoms with Crippen molar-refractivity contribution >= 4 is 11.9 Å². The molecule has 5 heteroatoms. The summed E-state index contributed by atoms with van der Waals surface area (Å²) in [4.78, 5) is 22.4. The molecular weight excluding hydrogens is 244 g/mol. The highest BCUT2D eigenvalue weighted by Gasteiger charge is 2.26. The summed E-state index contributed by atoms with van der Waals surface area (Å²) < 4.78 is 0. The smallest absolute Gasteiger partial charge is 0.323 e. The summed E-state index contributed by atoms with van der Waals surface area (Å²) in [6.07, 6.45) is 7.96. The SMILES string of the molecule is CC(C)(NCC(=O)NCCC1=CCCCC1)C(=O)O. The summed E-state index contributed by atoms with van der Waals surface area (Å²) in [5.74, 6) is -1.13. The zero-order valence-corrected chi connectivity index (χ0v) is 11.8. The van der Waals surface area contributed by atoms with Gasteiger partial charge in [0.1, 0.15) is 5.54 Å². The summed E-state index contributed by atoms with van der Waals surface area (Å²) >= 11 is 0. The highest BCUT2D eigenvalue weighted by atomic mass is 16.4. The van der Waals surface area contributed by atoms with Crippen molar-refractivity contribution in [1.82, 2.24) is 10.6 Å². The summed E-state index contributed by atoms with van der Waals surface area (Å²) in [6.45, 7) is 3.73. The Morgan fingerprint density at radius 2 is 2.11 bits per heavy atom. The summed E-state index contributed by atoms with van der Waals surface area (Å²) in [7, 11) is 0. The fourth-order valence-corrected chi connectivity index (χ4v) is 1.93. The lowest BCUT2D eigenvalue weighted by atomic mass is 9.97. The standard InChI is InChI=1S/C14H24N2O3/c1-14(2,13(18)19)16-10-12(17)15-9-8-11-6-4-3-5-7-11/h6,16H,3-5,7-10H2,1-2H3,(H,15,17)(H,18,19). The number of nitrogens with one attached hydrogen (secondary N) is 2. The molecule has 0 aromatic rings. The van der Waals surface area contributed by atoms with Gasteiger partial charge in [0.15, 0.2) is 0 Å². The molecule has 0 saturated heterocycles. The quantitative estimate of drug-likeness (QED) is 0.611. The van der Waals surface area contributed by atoms with Crippen LogP contribution in [0.15, 0.2) is 11.6 Å². The molecular formula is C14H24N2O3. The first-order chi connectivity index (χ1) is 8.92. The number of hydrogen-bond donors (Lipinski definition) is 3. The van der Waals surface area contributed by atoms with Crippen LogP contribution in [0.3, 0.4) is 0 Å². The van der Waals surface area contributed by atoms with Crippen molar-refractivity contribution in [3.63, 3.8) is 0 Å². The van der Waals surface area contributed by atoms with Gasteiger partial charge in [-0.25, -0.2) is 0 Å². The summed E-state index contributed by atoms with van der Waals surface area (Å²) in [6, 6.07) is 0. The molecule has 19 heavy (non-hydrogen) atoms. The number of carbonyl (C=O) groups excluding carboxylic acids is 1. The Bertz CT molecular complexity index is 362. The van der Waals surface area contributed by atoms with E-state index in [2.05, 4.69) is 16.7 Å². The molecule has 0 aromatic heterocycles. The van der Waals surface area contributed by atoms with E-state index >= 15 is 0 Å². The molecule has 1 aliphatic rings. The molecule has 5 nitrogen and oxygen atoms in total. The molecule has 0 bridgehead atoms. The van der Waals surface area contributed by atoms with Gasteiger partial charge < -0.3 is 10.4 Å². The minimum absolute atomic E-state index is 0.0261. The second-order valence-electron chi connectivity index (χ2n) is 5.49. The van der Waals surface area contributed by atoms with Gasteiger partial charge in [-0.05, 0) is 46.0 Å². The average Bonchev–Trinajstić information content (AvgIpc) is 2.37. The molecule has 0 saturated carbocycles. The van der Waals surface area contributed by atoms with Crippen LogP contribution in [0.5, 0.6) is 0 Å². The Hall–Kier alpha value is -1.36. The normalized spacial score (nSPS) is 15.8. The Morgan fingerprint density at radius 1 is 1.37 bits per heavy atom. The second-order valence-corrected chi connectivity index (χ2v) is 5.49. The third kappa shape index (κ3) is 5.87. The monoisotopic (exact) mass is 268 g/mol. The number of rotatable bonds is 7. The molecule has 0 aromatic carbocycles. The lowest BCUT2D eigenvalue weighted by Crippen LogP contribution is -2.50. The molecule has 0 fully saturated rings. The van der Waals surface area contributed by atoms with Crippen LogP contribution in [-0.2, 0) is 9.59 Å². The Kier molecular flexibility index (Phi) is 6.02. The highest BCUT2D eigenvalue weighted by molar-refractivity contribution is 5.81. The summed E-state index contributed by atoms with van der Waals surface area (Å²) in [5, 5.41) is 14.4. The number of aliphatic carboxylic acids is 1. The number of carboxylic acids is 1. The largest absolute Gasteiger partial charge is 0.480 e. The van der Waals surface area contributed by atoms with Crippen LogP contribution in [0.2, 0.25) is 0 Å². The van der Waals surface area contributed by atoms with E-state index in [1.54, 1.807) is 0 Å². The van der Waals surface area contributed by atoms with Crippen molar-refractivity contribution in [3.8, 4) is 0 Å². The van der Waals surface area contributed by atoms with Crippen LogP contribution in [0.25, 0.3) is 0 Å². The Morgan fingerprint density at radius 3 is 2.68 bits per heavy atom. The van der Waals surface area contributed by atoms with Gasteiger partial charge in [0.2, 0.25) is 5.91 Å². The van der Waals surface area contributed by atoms with Gasteiger partial charge in [-0.2, -0.15) is 0 Å². The average molecular weight is 268 g/mol. The second kappa shape index (κ2) is 7.28. The van der Waals surface area contributed by atoms with Crippen molar-refractivity contribution in [1.29, 1.82) is 0 Å². The van der Waals surface area contributed by atoms with Crippen molar-refractivity contribution in [2.24, 2.45) is 0 Å².